The van der Waals surface area contributed by atoms with Crippen molar-refractivity contribution in [2.75, 3.05) is 26.4 Å². The quantitative estimate of drug-likeness (QED) is 0.256. The van der Waals surface area contributed by atoms with Gasteiger partial charge in [0.05, 0.1) is 26.4 Å². The molecule has 3 atom stereocenters. The molecule has 1 unspecified atom stereocenters. The normalized spacial score (nSPS) is 17.9. The lowest BCUT2D eigenvalue weighted by Gasteiger charge is -2.16. The van der Waals surface area contributed by atoms with E-state index in [1.165, 1.54) is 0 Å². The molecule has 0 spiro atoms. The number of hydrogen-bond acceptors (Lipinski definition) is 8. The van der Waals surface area contributed by atoms with Crippen molar-refractivity contribution in [3.63, 3.8) is 0 Å². The summed E-state index contributed by atoms with van der Waals surface area (Å²) in [6, 6.07) is 0. The van der Waals surface area contributed by atoms with E-state index in [9.17, 15) is 9.13 Å². The summed E-state index contributed by atoms with van der Waals surface area (Å²) in [7, 11) is -9.31. The van der Waals surface area contributed by atoms with Crippen LogP contribution in [0.2, 0.25) is 0 Å². The minimum Gasteiger partial charge on any atom is -0.394 e. The maximum Gasteiger partial charge on any atom is 0.472 e. The molecule has 0 aliphatic rings. The van der Waals surface area contributed by atoms with Gasteiger partial charge in [-0.3, -0.25) is 13.6 Å². The topological polar surface area (TPSA) is 183 Å². The zero-order valence-corrected chi connectivity index (χ0v) is 11.4. The van der Waals surface area contributed by atoms with Gasteiger partial charge in [0.15, 0.2) is 0 Å². The first-order valence-electron chi connectivity index (χ1n) is 4.84. The zero-order chi connectivity index (χ0) is 15.1. The van der Waals surface area contributed by atoms with Gasteiger partial charge in [-0.05, 0) is 0 Å². The molecular weight excluding hydrogens is 322 g/mol. The second kappa shape index (κ2) is 9.93. The van der Waals surface area contributed by atoms with Gasteiger partial charge in [-0.1, -0.05) is 7.43 Å². The number of aliphatic hydroxyl groups is 3. The van der Waals surface area contributed by atoms with E-state index in [2.05, 4.69) is 13.6 Å². The average Bonchev–Trinajstić information content (AvgIpc) is 2.30. The smallest absolute Gasteiger partial charge is 0.394 e. The Morgan fingerprint density at radius 2 is 1.25 bits per heavy atom. The van der Waals surface area contributed by atoms with Crippen molar-refractivity contribution in [2.24, 2.45) is 0 Å². The van der Waals surface area contributed by atoms with Crippen LogP contribution in [0.15, 0.2) is 0 Å². The van der Waals surface area contributed by atoms with Crippen LogP contribution in [0.5, 0.6) is 0 Å². The molecule has 0 aromatic carbocycles. The summed E-state index contributed by atoms with van der Waals surface area (Å²) >= 11 is 0. The highest BCUT2D eigenvalue weighted by molar-refractivity contribution is 7.47. The molecule has 0 amide bonds. The molecule has 0 fully saturated rings. The second-order valence-electron chi connectivity index (χ2n) is 3.34. The summed E-state index contributed by atoms with van der Waals surface area (Å²) in [4.78, 5) is 25.7. The van der Waals surface area contributed by atoms with E-state index in [0.717, 1.165) is 0 Å². The average molecular weight is 342 g/mol. The first-order chi connectivity index (χ1) is 8.56. The summed E-state index contributed by atoms with van der Waals surface area (Å²) in [6.45, 7) is -2.95. The molecule has 0 aliphatic carbocycles. The number of hydrogen-bond donors (Lipinski definition) is 6. The van der Waals surface area contributed by atoms with Gasteiger partial charge in [-0.25, -0.2) is 9.13 Å². The molecule has 11 nitrogen and oxygen atoms in total. The van der Waals surface area contributed by atoms with Crippen LogP contribution in [-0.4, -0.2) is 68.6 Å². The predicted octanol–water partition coefficient (Wildman–Crippen LogP) is -1.42. The molecule has 0 saturated heterocycles. The molecule has 0 radical (unpaired) electrons. The van der Waals surface area contributed by atoms with Crippen LogP contribution in [0.4, 0.5) is 0 Å². The Bertz CT molecular complexity index is 342. The van der Waals surface area contributed by atoms with Crippen LogP contribution in [0.25, 0.3) is 0 Å². The standard InChI is InChI=1S/C6H16O11P2.CH4/c7-1-5(8)2-16-19(13,14)17-4-6(9)3-15-18(10,11)12;/h5-9H,1-4H2,(H,13,14)(H2,10,11,12);1H4/t5-,6-;/m0./s1. The molecule has 6 N–H and O–H groups in total. The fraction of sp³-hybridized carbons (Fsp3) is 1.00. The Hall–Kier alpha value is 0.1000. The molecule has 0 aliphatic heterocycles. The van der Waals surface area contributed by atoms with E-state index in [4.69, 9.17) is 30.0 Å². The molecule has 0 rings (SSSR count). The minimum absolute atomic E-state index is 0. The van der Waals surface area contributed by atoms with E-state index < -0.39 is 54.3 Å². The fourth-order valence-corrected chi connectivity index (χ4v) is 1.84. The van der Waals surface area contributed by atoms with Crippen molar-refractivity contribution in [3.05, 3.63) is 0 Å². The van der Waals surface area contributed by atoms with Crippen molar-refractivity contribution >= 4 is 15.6 Å². The fourth-order valence-electron chi connectivity index (χ4n) is 0.682. The summed E-state index contributed by atoms with van der Waals surface area (Å²) in [5.41, 5.74) is 0. The van der Waals surface area contributed by atoms with E-state index in [1.807, 2.05) is 0 Å². The highest BCUT2D eigenvalue weighted by Crippen LogP contribution is 2.43. The van der Waals surface area contributed by atoms with Crippen LogP contribution in [0, 0.1) is 0 Å². The summed E-state index contributed by atoms with van der Waals surface area (Å²) in [5, 5.41) is 26.4. The number of rotatable bonds is 10. The van der Waals surface area contributed by atoms with Gasteiger partial charge in [-0.2, -0.15) is 0 Å². The Morgan fingerprint density at radius 1 is 0.850 bits per heavy atom. The van der Waals surface area contributed by atoms with Crippen molar-refractivity contribution in [1.29, 1.82) is 0 Å². The first kappa shape index (κ1) is 22.4. The summed E-state index contributed by atoms with van der Waals surface area (Å²) < 4.78 is 33.9. The van der Waals surface area contributed by atoms with E-state index in [0.29, 0.717) is 0 Å². The van der Waals surface area contributed by atoms with Crippen molar-refractivity contribution < 1.29 is 52.7 Å². The zero-order valence-electron chi connectivity index (χ0n) is 9.60. The Balaban J connectivity index is 0. The number of phosphoric acid groups is 2. The number of aliphatic hydroxyl groups excluding tert-OH is 3. The molecule has 124 valence electrons. The van der Waals surface area contributed by atoms with Crippen molar-refractivity contribution in [1.82, 2.24) is 0 Å². The van der Waals surface area contributed by atoms with E-state index in [-0.39, 0.29) is 7.43 Å². The monoisotopic (exact) mass is 342 g/mol. The summed E-state index contributed by atoms with van der Waals surface area (Å²) in [5.74, 6) is 0. The lowest BCUT2D eigenvalue weighted by molar-refractivity contribution is 0.0157. The van der Waals surface area contributed by atoms with Crippen LogP contribution in [0.3, 0.4) is 0 Å². The molecule has 0 heterocycles. The van der Waals surface area contributed by atoms with Crippen molar-refractivity contribution in [2.45, 2.75) is 19.6 Å². The number of phosphoric ester groups is 2. The van der Waals surface area contributed by atoms with E-state index >= 15 is 0 Å². The van der Waals surface area contributed by atoms with Crippen LogP contribution >= 0.6 is 15.6 Å². The van der Waals surface area contributed by atoms with Gasteiger partial charge in [0.1, 0.15) is 12.2 Å². The van der Waals surface area contributed by atoms with Crippen LogP contribution < -0.4 is 0 Å². The SMILES string of the molecule is C.O=P(O)(O)OC[C@H](O)COP(=O)(O)OC[C@@H](O)CO. The third kappa shape index (κ3) is 13.1. The third-order valence-corrected chi connectivity index (χ3v) is 2.94. The van der Waals surface area contributed by atoms with Gasteiger partial charge in [0.2, 0.25) is 0 Å². The molecule has 20 heavy (non-hydrogen) atoms. The Labute approximate surface area is 115 Å². The van der Waals surface area contributed by atoms with Gasteiger partial charge in [0, 0.05) is 0 Å². The largest absolute Gasteiger partial charge is 0.472 e. The van der Waals surface area contributed by atoms with E-state index in [1.54, 1.807) is 0 Å². The van der Waals surface area contributed by atoms with Crippen LogP contribution in [-0.2, 0) is 22.7 Å². The highest BCUT2D eigenvalue weighted by Gasteiger charge is 2.25. The first-order valence-corrected chi connectivity index (χ1v) is 7.87. The molecule has 0 saturated carbocycles. The predicted molar refractivity (Wildman–Crippen MR) is 65.6 cm³/mol. The lowest BCUT2D eigenvalue weighted by atomic mass is 10.4. The molecule has 0 aromatic heterocycles. The Morgan fingerprint density at radius 3 is 1.65 bits per heavy atom. The van der Waals surface area contributed by atoms with Gasteiger partial charge < -0.3 is 30.0 Å². The van der Waals surface area contributed by atoms with Crippen LogP contribution in [0.1, 0.15) is 7.43 Å². The maximum absolute atomic E-state index is 11.2. The lowest BCUT2D eigenvalue weighted by Crippen LogP contribution is -2.22. The van der Waals surface area contributed by atoms with Gasteiger partial charge in [0.25, 0.3) is 0 Å². The Kier molecular flexibility index (Phi) is 11.1. The molecular formula is C7H20O11P2. The second-order valence-corrected chi connectivity index (χ2v) is 6.03. The molecule has 0 aromatic rings. The van der Waals surface area contributed by atoms with Crippen molar-refractivity contribution in [3.8, 4) is 0 Å². The summed E-state index contributed by atoms with van der Waals surface area (Å²) in [6.07, 6.45) is -2.94. The molecule has 0 bridgehead atoms. The van der Waals surface area contributed by atoms with Gasteiger partial charge >= 0.3 is 15.6 Å². The molecule has 13 heteroatoms. The van der Waals surface area contributed by atoms with Gasteiger partial charge in [-0.15, -0.1) is 0 Å². The third-order valence-electron chi connectivity index (χ3n) is 1.51. The minimum atomic E-state index is -4.75. The maximum atomic E-state index is 11.2. The highest BCUT2D eigenvalue weighted by atomic mass is 31.2.